The summed E-state index contributed by atoms with van der Waals surface area (Å²) in [6.45, 7) is 2.25. The van der Waals surface area contributed by atoms with Crippen LogP contribution in [0.15, 0.2) is 36.4 Å². The predicted octanol–water partition coefficient (Wildman–Crippen LogP) is 8.36. The Labute approximate surface area is 174 Å². The van der Waals surface area contributed by atoms with Crippen molar-refractivity contribution in [3.8, 4) is 11.1 Å². The maximum atomic E-state index is 14.9. The lowest BCUT2D eigenvalue weighted by Crippen LogP contribution is -2.30. The second-order valence-electron chi connectivity index (χ2n) is 9.05. The molecule has 2 aromatic rings. The maximum absolute atomic E-state index is 14.9. The quantitative estimate of drug-likeness (QED) is 0.436. The number of hydrogen-bond donors (Lipinski definition) is 0. The number of alkyl halides is 3. The van der Waals surface area contributed by atoms with Crippen LogP contribution >= 0.6 is 0 Å². The van der Waals surface area contributed by atoms with Crippen LogP contribution in [0.25, 0.3) is 11.1 Å². The Hall–Kier alpha value is -1.91. The molecule has 1 unspecified atom stereocenters. The molecule has 4 rings (SSSR count). The number of benzene rings is 2. The van der Waals surface area contributed by atoms with Crippen LogP contribution in [0.1, 0.15) is 68.9 Å². The molecule has 0 bridgehead atoms. The lowest BCUT2D eigenvalue weighted by molar-refractivity contribution is -0.137. The largest absolute Gasteiger partial charge is 0.416 e. The number of halogens is 5. The predicted molar refractivity (Wildman–Crippen MR) is 108 cm³/mol. The molecule has 2 aliphatic rings. The van der Waals surface area contributed by atoms with Gasteiger partial charge in [-0.1, -0.05) is 31.9 Å². The molecule has 0 aliphatic heterocycles. The SMILES string of the molecule is CCC1CC[C@@H]2C[C@H](c3cc(F)c(-c4ccc(C(F)(F)F)cc4)c(F)c3)CC[C@@H]2C1. The number of hydrogen-bond acceptors (Lipinski definition) is 0. The Balaban J connectivity index is 1.53. The summed E-state index contributed by atoms with van der Waals surface area (Å²) in [5, 5.41) is 0. The number of fused-ring (bicyclic) bond motifs is 1. The zero-order valence-corrected chi connectivity index (χ0v) is 17.1. The van der Waals surface area contributed by atoms with Crippen molar-refractivity contribution >= 4 is 0 Å². The summed E-state index contributed by atoms with van der Waals surface area (Å²) in [5.41, 5.74) is -0.300. The van der Waals surface area contributed by atoms with E-state index in [2.05, 4.69) is 6.92 Å². The highest BCUT2D eigenvalue weighted by molar-refractivity contribution is 5.66. The third kappa shape index (κ3) is 4.26. The smallest absolute Gasteiger partial charge is 0.206 e. The monoisotopic (exact) mass is 422 g/mol. The molecule has 2 aromatic carbocycles. The molecule has 0 nitrogen and oxygen atoms in total. The van der Waals surface area contributed by atoms with E-state index in [0.717, 1.165) is 55.4 Å². The Bertz CT molecular complexity index is 860. The van der Waals surface area contributed by atoms with Crippen LogP contribution in [0.2, 0.25) is 0 Å². The minimum atomic E-state index is -4.48. The van der Waals surface area contributed by atoms with Crippen molar-refractivity contribution in [3.63, 3.8) is 0 Å². The van der Waals surface area contributed by atoms with E-state index in [1.165, 1.54) is 37.8 Å². The van der Waals surface area contributed by atoms with Crippen molar-refractivity contribution < 1.29 is 22.0 Å². The van der Waals surface area contributed by atoms with Gasteiger partial charge in [-0.2, -0.15) is 13.2 Å². The molecule has 30 heavy (non-hydrogen) atoms. The molecule has 0 spiro atoms. The van der Waals surface area contributed by atoms with E-state index in [4.69, 9.17) is 0 Å². The van der Waals surface area contributed by atoms with E-state index in [1.807, 2.05) is 0 Å². The summed E-state index contributed by atoms with van der Waals surface area (Å²) >= 11 is 0. The highest BCUT2D eigenvalue weighted by Gasteiger charge is 2.36. The summed E-state index contributed by atoms with van der Waals surface area (Å²) in [6, 6.07) is 6.74. The van der Waals surface area contributed by atoms with Crippen LogP contribution in [-0.4, -0.2) is 0 Å². The fourth-order valence-electron chi connectivity index (χ4n) is 5.59. The second-order valence-corrected chi connectivity index (χ2v) is 9.05. The molecule has 4 atom stereocenters. The van der Waals surface area contributed by atoms with Gasteiger partial charge >= 0.3 is 6.18 Å². The molecule has 0 heterocycles. The molecule has 2 saturated carbocycles. The summed E-state index contributed by atoms with van der Waals surface area (Å²) in [6.07, 6.45) is 3.51. The highest BCUT2D eigenvalue weighted by Crippen LogP contribution is 2.48. The molecular weight excluding hydrogens is 395 g/mol. The Kier molecular flexibility index (Phi) is 5.91. The lowest BCUT2D eigenvalue weighted by atomic mass is 9.63. The average Bonchev–Trinajstić information content (AvgIpc) is 2.72. The fraction of sp³-hybridized carbons (Fsp3) is 0.520. The standard InChI is InChI=1S/C25H27F5/c1-2-15-3-4-18-12-19(6-5-17(18)11-15)20-13-22(26)24(23(27)14-20)16-7-9-21(10-8-16)25(28,29)30/h7-10,13-15,17-19H,2-6,11-12H2,1H3/t15?,17-,18-,19-/m1/s1. The summed E-state index contributed by atoms with van der Waals surface area (Å²) in [4.78, 5) is 0. The lowest BCUT2D eigenvalue weighted by Gasteiger charge is -2.42. The van der Waals surface area contributed by atoms with Crippen molar-refractivity contribution in [2.45, 2.75) is 64.0 Å². The minimum absolute atomic E-state index is 0.117. The van der Waals surface area contributed by atoms with Crippen LogP contribution in [0, 0.1) is 29.4 Å². The van der Waals surface area contributed by atoms with E-state index in [1.54, 1.807) is 0 Å². The van der Waals surface area contributed by atoms with Gasteiger partial charge in [0.2, 0.25) is 0 Å². The van der Waals surface area contributed by atoms with Crippen molar-refractivity contribution in [3.05, 3.63) is 59.2 Å². The van der Waals surface area contributed by atoms with Gasteiger partial charge in [-0.05, 0) is 91.2 Å². The molecule has 162 valence electrons. The van der Waals surface area contributed by atoms with Gasteiger partial charge in [0.15, 0.2) is 0 Å². The fourth-order valence-corrected chi connectivity index (χ4v) is 5.59. The summed E-state index contributed by atoms with van der Waals surface area (Å²) in [7, 11) is 0. The first-order valence-corrected chi connectivity index (χ1v) is 10.9. The molecule has 0 radical (unpaired) electrons. The van der Waals surface area contributed by atoms with Gasteiger partial charge in [0.05, 0.1) is 11.1 Å². The van der Waals surface area contributed by atoms with E-state index in [-0.39, 0.29) is 17.0 Å². The van der Waals surface area contributed by atoms with Crippen molar-refractivity contribution in [2.75, 3.05) is 0 Å². The Morgan fingerprint density at radius 2 is 1.43 bits per heavy atom. The van der Waals surface area contributed by atoms with Gasteiger partial charge in [-0.25, -0.2) is 8.78 Å². The molecule has 5 heteroatoms. The van der Waals surface area contributed by atoms with E-state index < -0.39 is 23.4 Å². The third-order valence-electron chi connectivity index (χ3n) is 7.34. The first kappa shape index (κ1) is 21.3. The second kappa shape index (κ2) is 8.32. The van der Waals surface area contributed by atoms with Gasteiger partial charge in [0.25, 0.3) is 0 Å². The Morgan fingerprint density at radius 1 is 0.833 bits per heavy atom. The van der Waals surface area contributed by atoms with Crippen molar-refractivity contribution in [1.82, 2.24) is 0 Å². The van der Waals surface area contributed by atoms with Gasteiger partial charge in [-0.15, -0.1) is 0 Å². The molecular formula is C25H27F5. The normalized spacial score (nSPS) is 27.0. The van der Waals surface area contributed by atoms with E-state index >= 15 is 0 Å². The van der Waals surface area contributed by atoms with Gasteiger partial charge in [0.1, 0.15) is 11.6 Å². The first-order valence-electron chi connectivity index (χ1n) is 10.9. The molecule has 0 aromatic heterocycles. The van der Waals surface area contributed by atoms with Crippen LogP contribution < -0.4 is 0 Å². The zero-order valence-electron chi connectivity index (χ0n) is 17.1. The average molecular weight is 422 g/mol. The van der Waals surface area contributed by atoms with E-state index in [9.17, 15) is 22.0 Å². The minimum Gasteiger partial charge on any atom is -0.206 e. The van der Waals surface area contributed by atoms with Gasteiger partial charge in [0, 0.05) is 0 Å². The summed E-state index contributed by atoms with van der Waals surface area (Å²) < 4.78 is 68.0. The maximum Gasteiger partial charge on any atom is 0.416 e. The topological polar surface area (TPSA) is 0 Å². The highest BCUT2D eigenvalue weighted by atomic mass is 19.4. The van der Waals surface area contributed by atoms with Crippen LogP contribution in [-0.2, 0) is 6.18 Å². The number of rotatable bonds is 3. The van der Waals surface area contributed by atoms with Crippen LogP contribution in [0.5, 0.6) is 0 Å². The first-order chi connectivity index (χ1) is 14.3. The van der Waals surface area contributed by atoms with Gasteiger partial charge < -0.3 is 0 Å². The molecule has 0 amide bonds. The zero-order chi connectivity index (χ0) is 21.5. The summed E-state index contributed by atoms with van der Waals surface area (Å²) in [5.74, 6) is 0.923. The van der Waals surface area contributed by atoms with Crippen molar-refractivity contribution in [1.29, 1.82) is 0 Å². The van der Waals surface area contributed by atoms with Crippen molar-refractivity contribution in [2.24, 2.45) is 17.8 Å². The molecule has 0 saturated heterocycles. The molecule has 0 N–H and O–H groups in total. The van der Waals surface area contributed by atoms with Crippen LogP contribution in [0.3, 0.4) is 0 Å². The third-order valence-corrected chi connectivity index (χ3v) is 7.34. The molecule has 2 aliphatic carbocycles. The van der Waals surface area contributed by atoms with E-state index in [0.29, 0.717) is 11.5 Å². The molecule has 2 fully saturated rings. The Morgan fingerprint density at radius 3 is 2.03 bits per heavy atom. The van der Waals surface area contributed by atoms with Crippen LogP contribution in [0.4, 0.5) is 22.0 Å². The van der Waals surface area contributed by atoms with Gasteiger partial charge in [-0.3, -0.25) is 0 Å².